The maximum atomic E-state index is 12.4. The Bertz CT molecular complexity index is 728. The minimum absolute atomic E-state index is 0.0529. The fraction of sp³-hybridized carbons (Fsp3) is 0.0769. The lowest BCUT2D eigenvalue weighted by Gasteiger charge is -2.01. The standard InChI is InChI=1S/C13H8BrF3N2O2S/c14-8-2-1-7(9(20)5-8)6-18-19-12(21)10-3-4-11(22-10)13(15,16)17/h1-6,20H,(H,19,21)/b18-6+. The Morgan fingerprint density at radius 3 is 2.64 bits per heavy atom. The van der Waals surface area contributed by atoms with Gasteiger partial charge in [-0.3, -0.25) is 4.79 Å². The summed E-state index contributed by atoms with van der Waals surface area (Å²) in [7, 11) is 0. The molecule has 0 saturated carbocycles. The van der Waals surface area contributed by atoms with Crippen LogP contribution in [0.15, 0.2) is 39.9 Å². The number of hydrogen-bond donors (Lipinski definition) is 2. The summed E-state index contributed by atoms with van der Waals surface area (Å²) in [6, 6.07) is 6.58. The van der Waals surface area contributed by atoms with Gasteiger partial charge in [-0.1, -0.05) is 15.9 Å². The lowest BCUT2D eigenvalue weighted by atomic mass is 10.2. The van der Waals surface area contributed by atoms with Gasteiger partial charge in [-0.2, -0.15) is 18.3 Å². The molecule has 4 nitrogen and oxygen atoms in total. The first-order valence-electron chi connectivity index (χ1n) is 5.76. The summed E-state index contributed by atoms with van der Waals surface area (Å²) in [5.74, 6) is -0.809. The van der Waals surface area contributed by atoms with Gasteiger partial charge in [0, 0.05) is 10.0 Å². The second-order valence-corrected chi connectivity index (χ2v) is 6.06. The van der Waals surface area contributed by atoms with E-state index in [1.54, 1.807) is 12.1 Å². The number of phenolic OH excluding ortho intramolecular Hbond substituents is 1. The van der Waals surface area contributed by atoms with Crippen LogP contribution in [0.25, 0.3) is 0 Å². The summed E-state index contributed by atoms with van der Waals surface area (Å²) >= 11 is 3.50. The molecule has 1 aromatic heterocycles. The van der Waals surface area contributed by atoms with E-state index in [2.05, 4.69) is 26.5 Å². The monoisotopic (exact) mass is 392 g/mol. The zero-order valence-electron chi connectivity index (χ0n) is 10.7. The molecule has 0 fully saturated rings. The van der Waals surface area contributed by atoms with Gasteiger partial charge in [0.15, 0.2) is 0 Å². The summed E-state index contributed by atoms with van der Waals surface area (Å²) in [4.78, 5) is 10.7. The van der Waals surface area contributed by atoms with Gasteiger partial charge < -0.3 is 5.11 Å². The third kappa shape index (κ3) is 4.08. The van der Waals surface area contributed by atoms with Gasteiger partial charge in [0.1, 0.15) is 10.6 Å². The zero-order chi connectivity index (χ0) is 16.3. The molecule has 0 bridgehead atoms. The first-order valence-corrected chi connectivity index (χ1v) is 7.37. The predicted molar refractivity (Wildman–Crippen MR) is 80.2 cm³/mol. The number of hydrazone groups is 1. The van der Waals surface area contributed by atoms with Gasteiger partial charge in [-0.15, -0.1) is 11.3 Å². The third-order valence-corrected chi connectivity index (χ3v) is 4.09. The van der Waals surface area contributed by atoms with Gasteiger partial charge in [0.05, 0.1) is 11.1 Å². The Hall–Kier alpha value is -1.87. The topological polar surface area (TPSA) is 61.7 Å². The van der Waals surface area contributed by atoms with Crippen molar-refractivity contribution in [1.82, 2.24) is 5.43 Å². The van der Waals surface area contributed by atoms with Crippen LogP contribution in [0.4, 0.5) is 13.2 Å². The Labute approximate surface area is 135 Å². The maximum Gasteiger partial charge on any atom is 0.425 e. The molecule has 0 unspecified atom stereocenters. The van der Waals surface area contributed by atoms with Crippen LogP contribution < -0.4 is 5.43 Å². The molecule has 2 aromatic rings. The number of benzene rings is 1. The lowest BCUT2D eigenvalue weighted by molar-refractivity contribution is -0.134. The molecule has 0 radical (unpaired) electrons. The summed E-state index contributed by atoms with van der Waals surface area (Å²) < 4.78 is 38.0. The van der Waals surface area contributed by atoms with E-state index < -0.39 is 17.0 Å². The molecule has 2 N–H and O–H groups in total. The van der Waals surface area contributed by atoms with E-state index in [1.165, 1.54) is 12.3 Å². The van der Waals surface area contributed by atoms with Crippen LogP contribution in [0.3, 0.4) is 0 Å². The molecule has 0 saturated heterocycles. The Morgan fingerprint density at radius 2 is 2.05 bits per heavy atom. The van der Waals surface area contributed by atoms with Crippen molar-refractivity contribution >= 4 is 39.4 Å². The number of amides is 1. The van der Waals surface area contributed by atoms with Gasteiger partial charge in [0.25, 0.3) is 5.91 Å². The molecule has 22 heavy (non-hydrogen) atoms. The number of alkyl halides is 3. The van der Waals surface area contributed by atoms with Gasteiger partial charge in [0.2, 0.25) is 0 Å². The first-order chi connectivity index (χ1) is 10.3. The molecule has 0 aliphatic carbocycles. The number of phenols is 1. The molecule has 0 aliphatic rings. The fourth-order valence-electron chi connectivity index (χ4n) is 1.45. The summed E-state index contributed by atoms with van der Waals surface area (Å²) in [6.45, 7) is 0. The highest BCUT2D eigenvalue weighted by Gasteiger charge is 2.33. The minimum Gasteiger partial charge on any atom is -0.507 e. The average Bonchev–Trinajstić information content (AvgIpc) is 2.90. The van der Waals surface area contributed by atoms with Crippen LogP contribution in [0.1, 0.15) is 20.1 Å². The molecule has 2 rings (SSSR count). The van der Waals surface area contributed by atoms with Crippen LogP contribution in [-0.4, -0.2) is 17.2 Å². The van der Waals surface area contributed by atoms with Crippen molar-refractivity contribution in [2.75, 3.05) is 0 Å². The molecule has 0 spiro atoms. The zero-order valence-corrected chi connectivity index (χ0v) is 13.1. The SMILES string of the molecule is O=C(N/N=C/c1ccc(Br)cc1O)c1ccc(C(F)(F)F)s1. The number of thiophene rings is 1. The van der Waals surface area contributed by atoms with E-state index in [-0.39, 0.29) is 10.6 Å². The van der Waals surface area contributed by atoms with Crippen molar-refractivity contribution in [1.29, 1.82) is 0 Å². The molecular weight excluding hydrogens is 385 g/mol. The van der Waals surface area contributed by atoms with Crippen molar-refractivity contribution in [2.45, 2.75) is 6.18 Å². The lowest BCUT2D eigenvalue weighted by Crippen LogP contribution is -2.16. The number of hydrogen-bond acceptors (Lipinski definition) is 4. The number of carbonyl (C=O) groups excluding carboxylic acids is 1. The highest BCUT2D eigenvalue weighted by atomic mass is 79.9. The van der Waals surface area contributed by atoms with Gasteiger partial charge >= 0.3 is 6.18 Å². The smallest absolute Gasteiger partial charge is 0.425 e. The van der Waals surface area contributed by atoms with E-state index in [0.29, 0.717) is 21.4 Å². The van der Waals surface area contributed by atoms with E-state index in [1.807, 2.05) is 0 Å². The normalized spacial score (nSPS) is 11.8. The molecule has 9 heteroatoms. The van der Waals surface area contributed by atoms with Crippen molar-refractivity contribution in [3.8, 4) is 5.75 Å². The molecule has 0 atom stereocenters. The number of nitrogens with one attached hydrogen (secondary N) is 1. The molecule has 1 aromatic carbocycles. The predicted octanol–water partition coefficient (Wildman–Crippen LogP) is 4.00. The van der Waals surface area contributed by atoms with Crippen molar-refractivity contribution in [3.05, 3.63) is 50.1 Å². The summed E-state index contributed by atoms with van der Waals surface area (Å²) in [5, 5.41) is 13.2. The van der Waals surface area contributed by atoms with Gasteiger partial charge in [-0.25, -0.2) is 5.43 Å². The van der Waals surface area contributed by atoms with E-state index in [0.717, 1.165) is 12.1 Å². The van der Waals surface area contributed by atoms with Crippen LogP contribution >= 0.6 is 27.3 Å². The second-order valence-electron chi connectivity index (χ2n) is 4.06. The van der Waals surface area contributed by atoms with Crippen LogP contribution in [0.5, 0.6) is 5.75 Å². The van der Waals surface area contributed by atoms with Crippen molar-refractivity contribution < 1.29 is 23.1 Å². The number of nitrogens with zero attached hydrogens (tertiary/aromatic N) is 1. The molecule has 116 valence electrons. The molecule has 1 amide bonds. The van der Waals surface area contributed by atoms with Crippen LogP contribution in [0.2, 0.25) is 0 Å². The number of carbonyl (C=O) groups is 1. The Morgan fingerprint density at radius 1 is 1.32 bits per heavy atom. The summed E-state index contributed by atoms with van der Waals surface area (Å²) in [6.07, 6.45) is -3.28. The summed E-state index contributed by atoms with van der Waals surface area (Å²) in [5.41, 5.74) is 2.46. The van der Waals surface area contributed by atoms with E-state index in [9.17, 15) is 23.1 Å². The quantitative estimate of drug-likeness (QED) is 0.612. The van der Waals surface area contributed by atoms with Crippen molar-refractivity contribution in [2.24, 2.45) is 5.10 Å². The highest BCUT2D eigenvalue weighted by Crippen LogP contribution is 2.34. The first kappa shape index (κ1) is 16.5. The molecule has 1 heterocycles. The Kier molecular flexibility index (Phi) is 4.87. The number of aromatic hydroxyl groups is 1. The third-order valence-electron chi connectivity index (χ3n) is 2.47. The fourth-order valence-corrected chi connectivity index (χ4v) is 2.57. The second kappa shape index (κ2) is 6.49. The van der Waals surface area contributed by atoms with Gasteiger partial charge in [-0.05, 0) is 30.3 Å². The Balaban J connectivity index is 2.03. The van der Waals surface area contributed by atoms with E-state index in [4.69, 9.17) is 0 Å². The average molecular weight is 393 g/mol. The van der Waals surface area contributed by atoms with Crippen molar-refractivity contribution in [3.63, 3.8) is 0 Å². The maximum absolute atomic E-state index is 12.4. The molecule has 0 aliphatic heterocycles. The number of rotatable bonds is 3. The van der Waals surface area contributed by atoms with E-state index >= 15 is 0 Å². The molecular formula is C13H8BrF3N2O2S. The van der Waals surface area contributed by atoms with Crippen LogP contribution in [-0.2, 0) is 6.18 Å². The van der Waals surface area contributed by atoms with Crippen LogP contribution in [0, 0.1) is 0 Å². The highest BCUT2D eigenvalue weighted by molar-refractivity contribution is 9.10. The minimum atomic E-state index is -4.48. The largest absolute Gasteiger partial charge is 0.507 e. The number of halogens is 4.